The first-order chi connectivity index (χ1) is 9.31. The minimum atomic E-state index is 0.350. The molecule has 0 fully saturated rings. The van der Waals surface area contributed by atoms with Gasteiger partial charge in [0.2, 0.25) is 6.39 Å². The summed E-state index contributed by atoms with van der Waals surface area (Å²) in [5.74, 6) is 1.67. The van der Waals surface area contributed by atoms with Crippen LogP contribution in [0.25, 0.3) is 11.6 Å². The Bertz CT molecular complexity index is 665. The van der Waals surface area contributed by atoms with Crippen LogP contribution in [0.5, 0.6) is 11.5 Å². The molecule has 19 heavy (non-hydrogen) atoms. The first-order valence-electron chi connectivity index (χ1n) is 5.57. The van der Waals surface area contributed by atoms with E-state index in [4.69, 9.17) is 14.9 Å². The van der Waals surface area contributed by atoms with E-state index in [1.807, 2.05) is 0 Å². The number of aromatic nitrogens is 3. The van der Waals surface area contributed by atoms with Crippen molar-refractivity contribution in [3.63, 3.8) is 0 Å². The molecule has 0 aliphatic heterocycles. The van der Waals surface area contributed by atoms with Crippen molar-refractivity contribution in [2.75, 3.05) is 5.73 Å². The van der Waals surface area contributed by atoms with Gasteiger partial charge in [-0.15, -0.1) is 10.2 Å². The molecule has 0 aliphatic rings. The molecular weight excluding hydrogens is 244 g/mol. The van der Waals surface area contributed by atoms with E-state index in [1.165, 1.54) is 6.39 Å². The fourth-order valence-corrected chi connectivity index (χ4v) is 1.55. The van der Waals surface area contributed by atoms with Crippen molar-refractivity contribution in [1.29, 1.82) is 0 Å². The highest BCUT2D eigenvalue weighted by Crippen LogP contribution is 2.25. The van der Waals surface area contributed by atoms with Crippen LogP contribution in [0.4, 0.5) is 5.69 Å². The topological polar surface area (TPSA) is 87.1 Å². The zero-order valence-corrected chi connectivity index (χ0v) is 9.85. The van der Waals surface area contributed by atoms with E-state index in [0.717, 1.165) is 0 Å². The lowest BCUT2D eigenvalue weighted by atomic mass is 10.3. The van der Waals surface area contributed by atoms with E-state index < -0.39 is 0 Å². The molecule has 6 heteroatoms. The number of hydrogen-bond acceptors (Lipinski definition) is 6. The van der Waals surface area contributed by atoms with Gasteiger partial charge in [-0.2, -0.15) is 0 Å². The normalized spacial score (nSPS) is 10.3. The van der Waals surface area contributed by atoms with Gasteiger partial charge in [-0.1, -0.05) is 0 Å². The molecule has 3 rings (SSSR count). The van der Waals surface area contributed by atoms with E-state index in [-0.39, 0.29) is 0 Å². The quantitative estimate of drug-likeness (QED) is 0.722. The second kappa shape index (κ2) is 4.77. The molecule has 94 valence electrons. The van der Waals surface area contributed by atoms with Crippen LogP contribution in [0, 0.1) is 0 Å². The maximum atomic E-state index is 5.69. The Hall–Kier alpha value is -2.89. The van der Waals surface area contributed by atoms with Crippen molar-refractivity contribution in [1.82, 2.24) is 15.2 Å². The van der Waals surface area contributed by atoms with Crippen LogP contribution in [-0.2, 0) is 0 Å². The van der Waals surface area contributed by atoms with Gasteiger partial charge >= 0.3 is 0 Å². The molecule has 0 bridgehead atoms. The van der Waals surface area contributed by atoms with Crippen molar-refractivity contribution in [3.05, 3.63) is 49.0 Å². The SMILES string of the molecule is Nc1ccc(Oc2ccnc(-c3nnco3)c2)cc1. The van der Waals surface area contributed by atoms with Crippen LogP contribution < -0.4 is 10.5 Å². The second-order valence-electron chi connectivity index (χ2n) is 3.79. The Morgan fingerprint density at radius 2 is 1.89 bits per heavy atom. The summed E-state index contributed by atoms with van der Waals surface area (Å²) in [6, 6.07) is 10.6. The van der Waals surface area contributed by atoms with Crippen molar-refractivity contribution in [3.8, 4) is 23.1 Å². The Labute approximate surface area is 108 Å². The van der Waals surface area contributed by atoms with Crippen LogP contribution in [0.3, 0.4) is 0 Å². The molecule has 0 atom stereocenters. The highest BCUT2D eigenvalue weighted by atomic mass is 16.5. The highest BCUT2D eigenvalue weighted by molar-refractivity contribution is 5.50. The number of ether oxygens (including phenoxy) is 1. The third kappa shape index (κ3) is 2.52. The third-order valence-corrected chi connectivity index (χ3v) is 2.43. The summed E-state index contributed by atoms with van der Waals surface area (Å²) >= 11 is 0. The van der Waals surface area contributed by atoms with Crippen LogP contribution in [0.15, 0.2) is 53.4 Å². The van der Waals surface area contributed by atoms with Gasteiger partial charge in [0.25, 0.3) is 5.89 Å². The minimum absolute atomic E-state index is 0.350. The standard InChI is InChI=1S/C13H10N4O2/c14-9-1-3-10(4-2-9)19-11-5-6-15-12(7-11)13-17-16-8-18-13/h1-8H,14H2. The molecule has 2 N–H and O–H groups in total. The van der Waals surface area contributed by atoms with Crippen LogP contribution >= 0.6 is 0 Å². The lowest BCUT2D eigenvalue weighted by molar-refractivity contribution is 0.481. The van der Waals surface area contributed by atoms with Crippen LogP contribution in [0.2, 0.25) is 0 Å². The third-order valence-electron chi connectivity index (χ3n) is 2.43. The highest BCUT2D eigenvalue weighted by Gasteiger charge is 2.07. The van der Waals surface area contributed by atoms with Gasteiger partial charge in [-0.25, -0.2) is 0 Å². The molecule has 0 spiro atoms. The summed E-state index contributed by atoms with van der Waals surface area (Å²) in [6.45, 7) is 0. The molecule has 1 aromatic carbocycles. The average Bonchev–Trinajstić information content (AvgIpc) is 2.96. The maximum Gasteiger partial charge on any atom is 0.266 e. The van der Waals surface area contributed by atoms with Crippen LogP contribution in [-0.4, -0.2) is 15.2 Å². The predicted molar refractivity (Wildman–Crippen MR) is 68.5 cm³/mol. The molecule has 2 heterocycles. The second-order valence-corrected chi connectivity index (χ2v) is 3.79. The zero-order valence-electron chi connectivity index (χ0n) is 9.85. The number of nitrogens with zero attached hydrogens (tertiary/aromatic N) is 3. The number of anilines is 1. The minimum Gasteiger partial charge on any atom is -0.457 e. The number of hydrogen-bond donors (Lipinski definition) is 1. The Morgan fingerprint density at radius 1 is 1.05 bits per heavy atom. The first-order valence-corrected chi connectivity index (χ1v) is 5.57. The fraction of sp³-hybridized carbons (Fsp3) is 0. The molecular formula is C13H10N4O2. The summed E-state index contributed by atoms with van der Waals surface area (Å²) in [4.78, 5) is 4.14. The summed E-state index contributed by atoms with van der Waals surface area (Å²) in [6.07, 6.45) is 2.87. The van der Waals surface area contributed by atoms with E-state index in [0.29, 0.717) is 28.8 Å². The van der Waals surface area contributed by atoms with Gasteiger partial charge in [-0.3, -0.25) is 4.98 Å². The smallest absolute Gasteiger partial charge is 0.266 e. The molecule has 2 aromatic heterocycles. The molecule has 0 unspecified atom stereocenters. The molecule has 3 aromatic rings. The fourth-order valence-electron chi connectivity index (χ4n) is 1.55. The molecule has 0 aliphatic carbocycles. The predicted octanol–water partition coefficient (Wildman–Crippen LogP) is 2.51. The van der Waals surface area contributed by atoms with Crippen molar-refractivity contribution in [2.24, 2.45) is 0 Å². The van der Waals surface area contributed by atoms with Crippen molar-refractivity contribution in [2.45, 2.75) is 0 Å². The number of benzene rings is 1. The lowest BCUT2D eigenvalue weighted by Crippen LogP contribution is -1.89. The van der Waals surface area contributed by atoms with Crippen molar-refractivity contribution < 1.29 is 9.15 Å². The van der Waals surface area contributed by atoms with Gasteiger partial charge in [0.1, 0.15) is 17.2 Å². The lowest BCUT2D eigenvalue weighted by Gasteiger charge is -2.06. The number of nitrogen functional groups attached to an aromatic ring is 1. The Morgan fingerprint density at radius 3 is 2.63 bits per heavy atom. The molecule has 6 nitrogen and oxygen atoms in total. The van der Waals surface area contributed by atoms with E-state index in [9.17, 15) is 0 Å². The summed E-state index contributed by atoms with van der Waals surface area (Å²) < 4.78 is 10.8. The maximum absolute atomic E-state index is 5.69. The van der Waals surface area contributed by atoms with Gasteiger partial charge in [0.15, 0.2) is 0 Å². The van der Waals surface area contributed by atoms with Crippen molar-refractivity contribution >= 4 is 5.69 Å². The summed E-state index contributed by atoms with van der Waals surface area (Å²) in [7, 11) is 0. The van der Waals surface area contributed by atoms with Gasteiger partial charge < -0.3 is 14.9 Å². The summed E-state index contributed by atoms with van der Waals surface area (Å²) in [5, 5.41) is 7.41. The van der Waals surface area contributed by atoms with Crippen LogP contribution in [0.1, 0.15) is 0 Å². The molecule has 0 radical (unpaired) electrons. The number of nitrogens with two attached hydrogens (primary N) is 1. The summed E-state index contributed by atoms with van der Waals surface area (Å²) in [5.41, 5.74) is 6.86. The molecule has 0 amide bonds. The first kappa shape index (κ1) is 11.2. The Kier molecular flexibility index (Phi) is 2.82. The number of rotatable bonds is 3. The average molecular weight is 254 g/mol. The zero-order chi connectivity index (χ0) is 13.1. The molecule has 0 saturated heterocycles. The van der Waals surface area contributed by atoms with Gasteiger partial charge in [0, 0.05) is 18.0 Å². The van der Waals surface area contributed by atoms with E-state index in [1.54, 1.807) is 42.6 Å². The van der Waals surface area contributed by atoms with Gasteiger partial charge in [0.05, 0.1) is 0 Å². The van der Waals surface area contributed by atoms with Gasteiger partial charge in [-0.05, 0) is 30.3 Å². The largest absolute Gasteiger partial charge is 0.457 e. The van der Waals surface area contributed by atoms with E-state index >= 15 is 0 Å². The molecule has 0 saturated carbocycles. The number of pyridine rings is 1. The van der Waals surface area contributed by atoms with E-state index in [2.05, 4.69) is 15.2 Å². The monoisotopic (exact) mass is 254 g/mol. The Balaban J connectivity index is 1.85.